The van der Waals surface area contributed by atoms with E-state index in [1.54, 1.807) is 6.08 Å². The molecule has 0 fully saturated rings. The van der Waals surface area contributed by atoms with Crippen LogP contribution in [0.5, 0.6) is 0 Å². The Bertz CT molecular complexity index is 415. The van der Waals surface area contributed by atoms with Crippen molar-refractivity contribution in [2.24, 2.45) is 0 Å². The van der Waals surface area contributed by atoms with E-state index >= 15 is 0 Å². The lowest BCUT2D eigenvalue weighted by atomic mass is 10.1. The summed E-state index contributed by atoms with van der Waals surface area (Å²) in [6, 6.07) is 1.36. The summed E-state index contributed by atoms with van der Waals surface area (Å²) in [6.45, 7) is 0.518. The molecule has 3 nitrogen and oxygen atoms in total. The van der Waals surface area contributed by atoms with Crippen molar-refractivity contribution in [2.45, 2.75) is 12.8 Å². The maximum absolute atomic E-state index is 13.2. The van der Waals surface area contributed by atoms with Crippen LogP contribution in [0.3, 0.4) is 0 Å². The number of Topliss-reactive ketones (excluding diaryl/α,β-unsaturated/α-hetero) is 1. The van der Waals surface area contributed by atoms with Gasteiger partial charge in [-0.15, -0.1) is 0 Å². The monoisotopic (exact) mass is 207 g/mol. The Morgan fingerprint density at radius 3 is 3.07 bits per heavy atom. The van der Waals surface area contributed by atoms with Gasteiger partial charge >= 0.3 is 0 Å². The fourth-order valence-electron chi connectivity index (χ4n) is 1.41. The van der Waals surface area contributed by atoms with Crippen molar-refractivity contribution in [2.75, 3.05) is 6.61 Å². The van der Waals surface area contributed by atoms with Crippen molar-refractivity contribution in [1.82, 2.24) is 4.98 Å². The van der Waals surface area contributed by atoms with Gasteiger partial charge in [0, 0.05) is 6.20 Å². The third-order valence-electron chi connectivity index (χ3n) is 2.18. The minimum atomic E-state index is -0.613. The number of ketones is 1. The number of halogens is 1. The van der Waals surface area contributed by atoms with Gasteiger partial charge in [-0.05, 0) is 25.0 Å². The number of rotatable bonds is 2. The van der Waals surface area contributed by atoms with Crippen LogP contribution in [0.25, 0.3) is 0 Å². The Kier molecular flexibility index (Phi) is 2.76. The van der Waals surface area contributed by atoms with Crippen molar-refractivity contribution in [3.05, 3.63) is 41.7 Å². The first-order valence-electron chi connectivity index (χ1n) is 4.76. The second kappa shape index (κ2) is 4.21. The number of ether oxygens (including phenoxy) is 1. The van der Waals surface area contributed by atoms with Gasteiger partial charge in [0.1, 0.15) is 0 Å². The van der Waals surface area contributed by atoms with Gasteiger partial charge in [-0.3, -0.25) is 9.78 Å². The van der Waals surface area contributed by atoms with Gasteiger partial charge in [0.25, 0.3) is 0 Å². The average Bonchev–Trinajstić information content (AvgIpc) is 2.30. The summed E-state index contributed by atoms with van der Waals surface area (Å²) in [5, 5.41) is 0. The maximum atomic E-state index is 13.2. The van der Waals surface area contributed by atoms with Crippen LogP contribution >= 0.6 is 0 Å². The molecule has 2 heterocycles. The molecule has 0 saturated carbocycles. The molecule has 1 aromatic heterocycles. The van der Waals surface area contributed by atoms with Crippen LogP contribution in [0.2, 0.25) is 0 Å². The molecule has 0 amide bonds. The van der Waals surface area contributed by atoms with Crippen LogP contribution in [0.15, 0.2) is 30.3 Å². The van der Waals surface area contributed by atoms with Crippen LogP contribution in [0, 0.1) is 5.82 Å². The van der Waals surface area contributed by atoms with Crippen LogP contribution in [-0.2, 0) is 4.74 Å². The summed E-state index contributed by atoms with van der Waals surface area (Å²) in [4.78, 5) is 15.3. The second-order valence-electron chi connectivity index (χ2n) is 3.24. The van der Waals surface area contributed by atoms with Crippen molar-refractivity contribution in [1.29, 1.82) is 0 Å². The zero-order chi connectivity index (χ0) is 10.7. The highest BCUT2D eigenvalue weighted by molar-refractivity contribution is 6.07. The fourth-order valence-corrected chi connectivity index (χ4v) is 1.41. The van der Waals surface area contributed by atoms with E-state index in [0.717, 1.165) is 19.0 Å². The highest BCUT2D eigenvalue weighted by Gasteiger charge is 2.19. The SMILES string of the molecule is O=C(C1=CCCCO1)c1ccncc1F. The number of hydrogen-bond donors (Lipinski definition) is 0. The largest absolute Gasteiger partial charge is 0.490 e. The Balaban J connectivity index is 2.28. The first kappa shape index (κ1) is 9.83. The zero-order valence-electron chi connectivity index (χ0n) is 8.07. The van der Waals surface area contributed by atoms with Crippen molar-refractivity contribution in [3.63, 3.8) is 0 Å². The highest BCUT2D eigenvalue weighted by atomic mass is 19.1. The lowest BCUT2D eigenvalue weighted by Crippen LogP contribution is -2.12. The smallest absolute Gasteiger partial charge is 0.230 e. The lowest BCUT2D eigenvalue weighted by Gasteiger charge is -2.13. The molecule has 0 bridgehead atoms. The Morgan fingerprint density at radius 2 is 2.40 bits per heavy atom. The molecular formula is C11H10FNO2. The quantitative estimate of drug-likeness (QED) is 0.697. The standard InChI is InChI=1S/C11H10FNO2/c12-9-7-13-5-4-8(9)11(14)10-3-1-2-6-15-10/h3-5,7H,1-2,6H2. The van der Waals surface area contributed by atoms with Crippen molar-refractivity contribution in [3.8, 4) is 0 Å². The Hall–Kier alpha value is -1.71. The topological polar surface area (TPSA) is 39.2 Å². The summed E-state index contributed by atoms with van der Waals surface area (Å²) < 4.78 is 18.4. The first-order chi connectivity index (χ1) is 7.29. The van der Waals surface area contributed by atoms with Gasteiger partial charge in [-0.2, -0.15) is 0 Å². The predicted molar refractivity (Wildman–Crippen MR) is 51.8 cm³/mol. The van der Waals surface area contributed by atoms with E-state index in [9.17, 15) is 9.18 Å². The lowest BCUT2D eigenvalue weighted by molar-refractivity contribution is 0.0895. The molecule has 0 aromatic carbocycles. The summed E-state index contributed by atoms with van der Waals surface area (Å²) in [7, 11) is 0. The number of hydrogen-bond acceptors (Lipinski definition) is 3. The maximum Gasteiger partial charge on any atom is 0.230 e. The van der Waals surface area contributed by atoms with Crippen LogP contribution < -0.4 is 0 Å². The first-order valence-corrected chi connectivity index (χ1v) is 4.76. The molecule has 15 heavy (non-hydrogen) atoms. The molecule has 0 spiro atoms. The summed E-state index contributed by atoms with van der Waals surface area (Å²) in [5.41, 5.74) is 0.0122. The molecule has 78 valence electrons. The number of aromatic nitrogens is 1. The molecule has 0 saturated heterocycles. The Morgan fingerprint density at radius 1 is 1.53 bits per heavy atom. The van der Waals surface area contributed by atoms with E-state index in [1.807, 2.05) is 0 Å². The number of allylic oxidation sites excluding steroid dienone is 2. The minimum absolute atomic E-state index is 0.0122. The molecule has 2 rings (SSSR count). The second-order valence-corrected chi connectivity index (χ2v) is 3.24. The molecule has 1 aliphatic heterocycles. The molecule has 0 aliphatic carbocycles. The molecule has 0 unspecified atom stereocenters. The molecule has 0 N–H and O–H groups in total. The van der Waals surface area contributed by atoms with Gasteiger partial charge in [0.2, 0.25) is 5.78 Å². The van der Waals surface area contributed by atoms with Crippen LogP contribution in [0.1, 0.15) is 23.2 Å². The van der Waals surface area contributed by atoms with Crippen molar-refractivity contribution < 1.29 is 13.9 Å². The molecular weight excluding hydrogens is 197 g/mol. The third kappa shape index (κ3) is 2.03. The third-order valence-corrected chi connectivity index (χ3v) is 2.18. The van der Waals surface area contributed by atoms with E-state index in [1.165, 1.54) is 12.3 Å². The van der Waals surface area contributed by atoms with Gasteiger partial charge < -0.3 is 4.74 Å². The van der Waals surface area contributed by atoms with Crippen LogP contribution in [-0.4, -0.2) is 17.4 Å². The number of carbonyl (C=O) groups is 1. The van der Waals surface area contributed by atoms with E-state index in [2.05, 4.69) is 4.98 Å². The number of carbonyl (C=O) groups excluding carboxylic acids is 1. The molecule has 0 radical (unpaired) electrons. The molecule has 0 atom stereocenters. The molecule has 1 aromatic rings. The van der Waals surface area contributed by atoms with E-state index < -0.39 is 11.6 Å². The summed E-state index contributed by atoms with van der Waals surface area (Å²) in [5.74, 6) is -0.779. The molecule has 4 heteroatoms. The van der Waals surface area contributed by atoms with E-state index in [4.69, 9.17) is 4.74 Å². The fraction of sp³-hybridized carbons (Fsp3) is 0.273. The van der Waals surface area contributed by atoms with Crippen molar-refractivity contribution >= 4 is 5.78 Å². The van der Waals surface area contributed by atoms with E-state index in [-0.39, 0.29) is 11.3 Å². The highest BCUT2D eigenvalue weighted by Crippen LogP contribution is 2.16. The summed E-state index contributed by atoms with van der Waals surface area (Å²) in [6.07, 6.45) is 5.81. The Labute approximate surface area is 86.6 Å². The van der Waals surface area contributed by atoms with Gasteiger partial charge in [-0.1, -0.05) is 0 Å². The van der Waals surface area contributed by atoms with Gasteiger partial charge in [0.15, 0.2) is 11.6 Å². The minimum Gasteiger partial charge on any atom is -0.490 e. The predicted octanol–water partition coefficient (Wildman–Crippen LogP) is 2.10. The van der Waals surface area contributed by atoms with E-state index in [0.29, 0.717) is 6.61 Å². The zero-order valence-corrected chi connectivity index (χ0v) is 8.07. The van der Waals surface area contributed by atoms with Gasteiger partial charge in [0.05, 0.1) is 18.4 Å². The van der Waals surface area contributed by atoms with Crippen LogP contribution in [0.4, 0.5) is 4.39 Å². The van der Waals surface area contributed by atoms with Gasteiger partial charge in [-0.25, -0.2) is 4.39 Å². The number of pyridine rings is 1. The summed E-state index contributed by atoms with van der Waals surface area (Å²) >= 11 is 0. The normalized spacial score (nSPS) is 15.4. The number of nitrogens with zero attached hydrogens (tertiary/aromatic N) is 1. The average molecular weight is 207 g/mol. The molecule has 1 aliphatic rings.